The third-order valence-electron chi connectivity index (χ3n) is 4.63. The van der Waals surface area contributed by atoms with Crippen molar-refractivity contribution in [3.63, 3.8) is 0 Å². The van der Waals surface area contributed by atoms with E-state index in [2.05, 4.69) is 26.5 Å². The summed E-state index contributed by atoms with van der Waals surface area (Å²) in [5.74, 6) is 0.748. The summed E-state index contributed by atoms with van der Waals surface area (Å²) in [6, 6.07) is 10.8. The Morgan fingerprint density at radius 2 is 2.04 bits per heavy atom. The molecule has 0 spiro atoms. The van der Waals surface area contributed by atoms with Crippen LogP contribution in [0.5, 0.6) is 0 Å². The number of carbonyl (C=O) groups excluding carboxylic acids is 1. The molecule has 7 nitrogen and oxygen atoms in total. The van der Waals surface area contributed by atoms with Gasteiger partial charge in [0.25, 0.3) is 5.91 Å². The minimum Gasteiger partial charge on any atom is -0.345 e. The standard InChI is InChI=1S/C19H14Cl2N6O/c20-14-1-2-16(23-8-14)27-17(25-11-26-27)9-24-18(28)12-5-13(7-15(21)6-12)19(10-22)3-4-19/h1-2,5-8,11H,3-4,9H2,(H,24,28). The molecule has 1 aliphatic rings. The van der Waals surface area contributed by atoms with Gasteiger partial charge in [0.1, 0.15) is 6.33 Å². The fraction of sp³-hybridized carbons (Fsp3) is 0.211. The van der Waals surface area contributed by atoms with Crippen molar-refractivity contribution < 1.29 is 4.79 Å². The summed E-state index contributed by atoms with van der Waals surface area (Å²) in [5, 5.41) is 17.3. The molecule has 1 aromatic carbocycles. The van der Waals surface area contributed by atoms with Crippen LogP contribution in [0.15, 0.2) is 42.9 Å². The average molecular weight is 413 g/mol. The third kappa shape index (κ3) is 3.57. The van der Waals surface area contributed by atoms with Crippen molar-refractivity contribution in [3.8, 4) is 11.9 Å². The Morgan fingerprint density at radius 1 is 1.21 bits per heavy atom. The summed E-state index contributed by atoms with van der Waals surface area (Å²) in [7, 11) is 0. The van der Waals surface area contributed by atoms with Crippen molar-refractivity contribution in [2.75, 3.05) is 0 Å². The number of halogens is 2. The molecular weight excluding hydrogens is 399 g/mol. The maximum Gasteiger partial charge on any atom is 0.251 e. The van der Waals surface area contributed by atoms with Gasteiger partial charge in [0.05, 0.1) is 23.1 Å². The first kappa shape index (κ1) is 18.4. The third-order valence-corrected chi connectivity index (χ3v) is 5.07. The number of amides is 1. The highest BCUT2D eigenvalue weighted by molar-refractivity contribution is 6.31. The molecule has 140 valence electrons. The zero-order chi connectivity index (χ0) is 19.7. The van der Waals surface area contributed by atoms with Crippen LogP contribution in [-0.4, -0.2) is 25.7 Å². The Balaban J connectivity index is 1.51. The molecule has 28 heavy (non-hydrogen) atoms. The van der Waals surface area contributed by atoms with Gasteiger partial charge >= 0.3 is 0 Å². The van der Waals surface area contributed by atoms with Crippen LogP contribution in [0, 0.1) is 11.3 Å². The Kier molecular flexibility index (Phi) is 4.75. The van der Waals surface area contributed by atoms with Gasteiger partial charge in [0.2, 0.25) is 0 Å². The minimum atomic E-state index is -0.514. The molecule has 0 saturated heterocycles. The number of hydrogen-bond donors (Lipinski definition) is 1. The number of aromatic nitrogens is 4. The van der Waals surface area contributed by atoms with Crippen molar-refractivity contribution in [2.45, 2.75) is 24.8 Å². The normalized spacial score (nSPS) is 14.3. The summed E-state index contributed by atoms with van der Waals surface area (Å²) in [6.07, 6.45) is 4.46. The first-order chi connectivity index (χ1) is 13.5. The number of nitrogens with zero attached hydrogens (tertiary/aromatic N) is 5. The largest absolute Gasteiger partial charge is 0.345 e. The SMILES string of the molecule is N#CC1(c2cc(Cl)cc(C(=O)NCc3ncnn3-c3ccc(Cl)cn3)c2)CC1. The molecule has 1 saturated carbocycles. The zero-order valence-corrected chi connectivity index (χ0v) is 16.1. The number of rotatable bonds is 5. The highest BCUT2D eigenvalue weighted by atomic mass is 35.5. The fourth-order valence-corrected chi connectivity index (χ4v) is 3.27. The van der Waals surface area contributed by atoms with E-state index >= 15 is 0 Å². The molecule has 2 heterocycles. The number of pyridine rings is 1. The van der Waals surface area contributed by atoms with Crippen molar-refractivity contribution in [3.05, 3.63) is 69.9 Å². The van der Waals surface area contributed by atoms with E-state index in [9.17, 15) is 10.1 Å². The van der Waals surface area contributed by atoms with Crippen LogP contribution in [0.4, 0.5) is 0 Å². The molecule has 1 aliphatic carbocycles. The predicted octanol–water partition coefficient (Wildman–Crippen LogP) is 3.45. The quantitative estimate of drug-likeness (QED) is 0.691. The molecular formula is C19H14Cl2N6O. The van der Waals surface area contributed by atoms with E-state index in [1.807, 2.05) is 0 Å². The molecule has 1 N–H and O–H groups in total. The molecule has 0 aliphatic heterocycles. The number of carbonyl (C=O) groups is 1. The maximum absolute atomic E-state index is 12.6. The first-order valence-corrected chi connectivity index (χ1v) is 9.28. The number of benzene rings is 1. The predicted molar refractivity (Wildman–Crippen MR) is 103 cm³/mol. The highest BCUT2D eigenvalue weighted by Crippen LogP contribution is 2.48. The second-order valence-electron chi connectivity index (χ2n) is 6.53. The van der Waals surface area contributed by atoms with E-state index in [1.54, 1.807) is 30.3 Å². The number of nitriles is 1. The van der Waals surface area contributed by atoms with E-state index in [0.717, 1.165) is 18.4 Å². The van der Waals surface area contributed by atoms with E-state index in [-0.39, 0.29) is 12.5 Å². The van der Waals surface area contributed by atoms with E-state index in [4.69, 9.17) is 23.2 Å². The van der Waals surface area contributed by atoms with Crippen molar-refractivity contribution >= 4 is 29.1 Å². The van der Waals surface area contributed by atoms with Crippen LogP contribution < -0.4 is 5.32 Å². The lowest BCUT2D eigenvalue weighted by Gasteiger charge is -2.11. The van der Waals surface area contributed by atoms with Crippen molar-refractivity contribution in [1.29, 1.82) is 5.26 Å². The van der Waals surface area contributed by atoms with Gasteiger partial charge < -0.3 is 5.32 Å². The maximum atomic E-state index is 12.6. The molecule has 4 rings (SSSR count). The van der Waals surface area contributed by atoms with Gasteiger partial charge in [0, 0.05) is 16.8 Å². The first-order valence-electron chi connectivity index (χ1n) is 8.52. The fourth-order valence-electron chi connectivity index (χ4n) is 2.92. The average Bonchev–Trinajstić information content (AvgIpc) is 3.37. The van der Waals surface area contributed by atoms with Crippen LogP contribution in [0.1, 0.15) is 34.6 Å². The molecule has 0 atom stereocenters. The Bertz CT molecular complexity index is 1080. The number of nitrogens with one attached hydrogen (secondary N) is 1. The van der Waals surface area contributed by atoms with E-state index in [0.29, 0.717) is 27.3 Å². The molecule has 3 aromatic rings. The summed E-state index contributed by atoms with van der Waals surface area (Å²) < 4.78 is 1.52. The summed E-state index contributed by atoms with van der Waals surface area (Å²) >= 11 is 12.0. The molecule has 9 heteroatoms. The van der Waals surface area contributed by atoms with Crippen molar-refractivity contribution in [1.82, 2.24) is 25.1 Å². The summed E-state index contributed by atoms with van der Waals surface area (Å²) in [5.41, 5.74) is 0.668. The van der Waals surface area contributed by atoms with Crippen LogP contribution in [0.2, 0.25) is 10.0 Å². The van der Waals surface area contributed by atoms with Gasteiger partial charge in [-0.3, -0.25) is 4.79 Å². The molecule has 0 unspecified atom stereocenters. The second-order valence-corrected chi connectivity index (χ2v) is 7.40. The number of hydrogen-bond acceptors (Lipinski definition) is 5. The summed E-state index contributed by atoms with van der Waals surface area (Å²) in [6.45, 7) is 0.147. The molecule has 1 fully saturated rings. The topological polar surface area (TPSA) is 96.5 Å². The Hall–Kier alpha value is -2.95. The van der Waals surface area contributed by atoms with Crippen LogP contribution in [0.3, 0.4) is 0 Å². The lowest BCUT2D eigenvalue weighted by Crippen LogP contribution is -2.25. The Morgan fingerprint density at radius 3 is 2.71 bits per heavy atom. The molecule has 0 radical (unpaired) electrons. The summed E-state index contributed by atoms with van der Waals surface area (Å²) in [4.78, 5) is 21.0. The van der Waals surface area contributed by atoms with Gasteiger partial charge in [-0.05, 0) is 48.7 Å². The van der Waals surface area contributed by atoms with Gasteiger partial charge in [-0.25, -0.2) is 9.97 Å². The smallest absolute Gasteiger partial charge is 0.251 e. The van der Waals surface area contributed by atoms with Gasteiger partial charge in [-0.1, -0.05) is 23.2 Å². The van der Waals surface area contributed by atoms with E-state index in [1.165, 1.54) is 17.2 Å². The minimum absolute atomic E-state index is 0.147. The molecule has 0 bridgehead atoms. The van der Waals surface area contributed by atoms with E-state index < -0.39 is 5.41 Å². The monoisotopic (exact) mass is 412 g/mol. The highest BCUT2D eigenvalue weighted by Gasteiger charge is 2.45. The zero-order valence-electron chi connectivity index (χ0n) is 14.6. The second kappa shape index (κ2) is 7.23. The van der Waals surface area contributed by atoms with Crippen molar-refractivity contribution in [2.24, 2.45) is 0 Å². The lowest BCUT2D eigenvalue weighted by molar-refractivity contribution is 0.0949. The Labute approximate surface area is 170 Å². The van der Waals surface area contributed by atoms with Crippen LogP contribution >= 0.6 is 23.2 Å². The van der Waals surface area contributed by atoms with Gasteiger partial charge in [-0.15, -0.1) is 0 Å². The molecule has 1 amide bonds. The van der Waals surface area contributed by atoms with Gasteiger partial charge in [-0.2, -0.15) is 15.0 Å². The lowest BCUT2D eigenvalue weighted by atomic mass is 9.95. The molecule has 2 aromatic heterocycles. The van der Waals surface area contributed by atoms with Crippen LogP contribution in [0.25, 0.3) is 5.82 Å². The van der Waals surface area contributed by atoms with Crippen LogP contribution in [-0.2, 0) is 12.0 Å². The van der Waals surface area contributed by atoms with Gasteiger partial charge in [0.15, 0.2) is 11.6 Å².